The van der Waals surface area contributed by atoms with Crippen LogP contribution >= 0.6 is 24.0 Å². The lowest BCUT2D eigenvalue weighted by atomic mass is 10.1. The van der Waals surface area contributed by atoms with Gasteiger partial charge < -0.3 is 9.90 Å². The van der Waals surface area contributed by atoms with Crippen LogP contribution in [-0.2, 0) is 4.79 Å². The molecule has 0 aromatic heterocycles. The zero-order chi connectivity index (χ0) is 14.0. The monoisotopic (exact) mass is 292 g/mol. The van der Waals surface area contributed by atoms with Gasteiger partial charge in [0, 0.05) is 6.54 Å². The molecule has 0 unspecified atom stereocenters. The van der Waals surface area contributed by atoms with E-state index in [9.17, 15) is 14.7 Å². The average molecular weight is 292 g/mol. The molecule has 0 atom stereocenters. The number of hydrogen-bond donors (Lipinski definition) is 0. The lowest BCUT2D eigenvalue weighted by Crippen LogP contribution is -2.27. The molecule has 1 heterocycles. The minimum Gasteiger partial charge on any atom is -0.545 e. The Balaban J connectivity index is 2.32. The Hall–Kier alpha value is -1.66. The Morgan fingerprint density at radius 3 is 2.84 bits per heavy atom. The minimum absolute atomic E-state index is 0.0831. The highest BCUT2D eigenvalue weighted by Crippen LogP contribution is 2.32. The second-order valence-corrected chi connectivity index (χ2v) is 5.51. The molecule has 0 spiro atoms. The van der Waals surface area contributed by atoms with Gasteiger partial charge in [-0.15, -0.1) is 0 Å². The van der Waals surface area contributed by atoms with Gasteiger partial charge in [-0.2, -0.15) is 0 Å². The van der Waals surface area contributed by atoms with Crippen molar-refractivity contribution in [1.29, 1.82) is 0 Å². The van der Waals surface area contributed by atoms with Crippen LogP contribution in [0.25, 0.3) is 6.08 Å². The Labute approximate surface area is 120 Å². The number of aromatic carboxylic acids is 1. The number of amides is 1. The number of thioether (sulfide) groups is 1. The molecule has 1 aliphatic rings. The smallest absolute Gasteiger partial charge is 0.266 e. The molecule has 6 heteroatoms. The number of rotatable bonds is 3. The number of likely N-dealkylation sites (N-methyl/N-ethyl adjacent to an activating group) is 1. The Morgan fingerprint density at radius 2 is 2.26 bits per heavy atom. The topological polar surface area (TPSA) is 60.4 Å². The van der Waals surface area contributed by atoms with Crippen LogP contribution in [-0.4, -0.2) is 27.6 Å². The second-order valence-electron chi connectivity index (χ2n) is 3.84. The van der Waals surface area contributed by atoms with Crippen molar-refractivity contribution in [1.82, 2.24) is 4.90 Å². The van der Waals surface area contributed by atoms with Crippen molar-refractivity contribution >= 4 is 46.3 Å². The van der Waals surface area contributed by atoms with E-state index in [1.807, 2.05) is 6.92 Å². The fraction of sp³-hybridized carbons (Fsp3) is 0.154. The molecule has 1 amide bonds. The Morgan fingerprint density at radius 1 is 1.53 bits per heavy atom. The molecule has 0 aliphatic carbocycles. The van der Waals surface area contributed by atoms with Gasteiger partial charge in [0.05, 0.1) is 10.9 Å². The fourth-order valence-electron chi connectivity index (χ4n) is 1.68. The molecule has 0 bridgehead atoms. The summed E-state index contributed by atoms with van der Waals surface area (Å²) in [5, 5.41) is 10.8. The summed E-state index contributed by atoms with van der Waals surface area (Å²) >= 11 is 6.32. The van der Waals surface area contributed by atoms with Crippen LogP contribution in [0.4, 0.5) is 0 Å². The number of hydrogen-bond acceptors (Lipinski definition) is 5. The van der Waals surface area contributed by atoms with Crippen molar-refractivity contribution < 1.29 is 14.7 Å². The van der Waals surface area contributed by atoms with E-state index in [1.54, 1.807) is 18.2 Å². The van der Waals surface area contributed by atoms with E-state index < -0.39 is 5.97 Å². The van der Waals surface area contributed by atoms with Crippen molar-refractivity contribution in [2.75, 3.05) is 6.54 Å². The first-order chi connectivity index (χ1) is 9.02. The first-order valence-electron chi connectivity index (χ1n) is 5.59. The van der Waals surface area contributed by atoms with Crippen LogP contribution in [0, 0.1) is 0 Å². The van der Waals surface area contributed by atoms with E-state index >= 15 is 0 Å². The molecule has 19 heavy (non-hydrogen) atoms. The number of benzene rings is 1. The summed E-state index contributed by atoms with van der Waals surface area (Å²) in [5.74, 6) is -1.38. The number of carbonyl (C=O) groups is 2. The van der Waals surface area contributed by atoms with E-state index in [1.165, 1.54) is 28.8 Å². The number of carbonyl (C=O) groups excluding carboxylic acids is 2. The van der Waals surface area contributed by atoms with Gasteiger partial charge in [-0.05, 0) is 30.2 Å². The maximum absolute atomic E-state index is 12.0. The van der Waals surface area contributed by atoms with Crippen LogP contribution in [0.2, 0.25) is 0 Å². The highest BCUT2D eigenvalue weighted by molar-refractivity contribution is 8.26. The molecule has 0 radical (unpaired) electrons. The maximum atomic E-state index is 12.0. The molecule has 1 saturated heterocycles. The normalized spacial score (nSPS) is 17.3. The summed E-state index contributed by atoms with van der Waals surface area (Å²) in [5.41, 5.74) is 0.720. The van der Waals surface area contributed by atoms with Crippen LogP contribution in [0.3, 0.4) is 0 Å². The van der Waals surface area contributed by atoms with Gasteiger partial charge in [0.1, 0.15) is 4.32 Å². The predicted molar refractivity (Wildman–Crippen MR) is 76.3 cm³/mol. The van der Waals surface area contributed by atoms with Gasteiger partial charge in [-0.1, -0.05) is 42.2 Å². The molecule has 1 aromatic rings. The standard InChI is InChI=1S/C13H11NO3S2/c1-2-14-11(15)10(19-13(14)18)7-8-4-3-5-9(6-8)12(16)17/h3-7H,2H2,1H3,(H,16,17)/p-1/b10-7-. The van der Waals surface area contributed by atoms with Crippen molar-refractivity contribution in [3.63, 3.8) is 0 Å². The number of carboxylic acid groups (broad SMARTS) is 1. The molecular formula is C13H10NO3S2-. The Kier molecular flexibility index (Phi) is 4.01. The highest BCUT2D eigenvalue weighted by atomic mass is 32.2. The largest absolute Gasteiger partial charge is 0.545 e. The van der Waals surface area contributed by atoms with E-state index in [-0.39, 0.29) is 11.5 Å². The van der Waals surface area contributed by atoms with Gasteiger partial charge in [0.2, 0.25) is 0 Å². The summed E-state index contributed by atoms with van der Waals surface area (Å²) in [6.45, 7) is 2.38. The van der Waals surface area contributed by atoms with Gasteiger partial charge in [0.15, 0.2) is 0 Å². The van der Waals surface area contributed by atoms with Crippen LogP contribution < -0.4 is 5.11 Å². The summed E-state index contributed by atoms with van der Waals surface area (Å²) < 4.78 is 0.523. The molecule has 4 nitrogen and oxygen atoms in total. The number of thiocarbonyl (C=S) groups is 1. The fourth-order valence-corrected chi connectivity index (χ4v) is 3.06. The SMILES string of the molecule is CCN1C(=O)/C(=C/c2cccc(C(=O)[O-])c2)SC1=S. The van der Waals surface area contributed by atoms with Crippen LogP contribution in [0.1, 0.15) is 22.8 Å². The van der Waals surface area contributed by atoms with Crippen molar-refractivity contribution in [3.8, 4) is 0 Å². The van der Waals surface area contributed by atoms with Crippen molar-refractivity contribution in [2.24, 2.45) is 0 Å². The summed E-state index contributed by atoms with van der Waals surface area (Å²) in [6, 6.07) is 6.25. The third-order valence-corrected chi connectivity index (χ3v) is 3.99. The van der Waals surface area contributed by atoms with Crippen molar-refractivity contribution in [2.45, 2.75) is 6.92 Å². The average Bonchev–Trinajstić information content (AvgIpc) is 2.64. The van der Waals surface area contributed by atoms with E-state index in [2.05, 4.69) is 0 Å². The third-order valence-electron chi connectivity index (χ3n) is 2.61. The van der Waals surface area contributed by atoms with E-state index in [0.717, 1.165) is 0 Å². The van der Waals surface area contributed by atoms with Crippen molar-refractivity contribution in [3.05, 3.63) is 40.3 Å². The zero-order valence-electron chi connectivity index (χ0n) is 10.1. The molecule has 2 rings (SSSR count). The quantitative estimate of drug-likeness (QED) is 0.620. The van der Waals surface area contributed by atoms with E-state index in [4.69, 9.17) is 12.2 Å². The molecule has 98 valence electrons. The number of carboxylic acids is 1. The van der Waals surface area contributed by atoms with Gasteiger partial charge in [0.25, 0.3) is 5.91 Å². The molecular weight excluding hydrogens is 282 g/mol. The van der Waals surface area contributed by atoms with Gasteiger partial charge in [-0.25, -0.2) is 0 Å². The summed E-state index contributed by atoms with van der Waals surface area (Å²) in [7, 11) is 0. The second kappa shape index (κ2) is 5.54. The lowest BCUT2D eigenvalue weighted by molar-refractivity contribution is -0.255. The first kappa shape index (κ1) is 13.8. The molecule has 0 saturated carbocycles. The summed E-state index contributed by atoms with van der Waals surface area (Å²) in [6.07, 6.45) is 1.64. The zero-order valence-corrected chi connectivity index (χ0v) is 11.7. The first-order valence-corrected chi connectivity index (χ1v) is 6.82. The van der Waals surface area contributed by atoms with Crippen LogP contribution in [0.5, 0.6) is 0 Å². The van der Waals surface area contributed by atoms with Gasteiger partial charge in [-0.3, -0.25) is 9.69 Å². The van der Waals surface area contributed by atoms with Crippen LogP contribution in [0.15, 0.2) is 29.2 Å². The molecule has 0 N–H and O–H groups in total. The predicted octanol–water partition coefficient (Wildman–Crippen LogP) is 1.27. The number of nitrogens with zero attached hydrogens (tertiary/aromatic N) is 1. The minimum atomic E-state index is -1.24. The Bertz CT molecular complexity index is 595. The van der Waals surface area contributed by atoms with Gasteiger partial charge >= 0.3 is 0 Å². The molecule has 1 aliphatic heterocycles. The lowest BCUT2D eigenvalue weighted by Gasteiger charge is -2.09. The van der Waals surface area contributed by atoms with E-state index in [0.29, 0.717) is 21.3 Å². The third kappa shape index (κ3) is 2.85. The molecule has 1 fully saturated rings. The maximum Gasteiger partial charge on any atom is 0.266 e. The molecule has 1 aromatic carbocycles. The summed E-state index contributed by atoms with van der Waals surface area (Å²) in [4.78, 5) is 24.8. The highest BCUT2D eigenvalue weighted by Gasteiger charge is 2.30.